The first-order valence-corrected chi connectivity index (χ1v) is 7.54. The second-order valence-corrected chi connectivity index (χ2v) is 6.67. The second-order valence-electron chi connectivity index (χ2n) is 5.52. The van der Waals surface area contributed by atoms with Crippen LogP contribution < -0.4 is 5.32 Å². The first-order valence-electron chi connectivity index (χ1n) is 6.38. The Labute approximate surface area is 99.7 Å². The van der Waals surface area contributed by atoms with Gasteiger partial charge in [0.1, 0.15) is 0 Å². The van der Waals surface area contributed by atoms with Gasteiger partial charge < -0.3 is 5.32 Å². The molecule has 0 amide bonds. The molecule has 2 bridgehead atoms. The van der Waals surface area contributed by atoms with E-state index in [4.69, 9.17) is 0 Å². The third kappa shape index (κ3) is 1.88. The molecule has 3 saturated heterocycles. The largest absolute Gasteiger partial charge is 0.310 e. The summed E-state index contributed by atoms with van der Waals surface area (Å²) in [4.78, 5) is 0. The molecule has 3 aliphatic rings. The maximum atomic E-state index is 14.1. The van der Waals surface area contributed by atoms with Crippen LogP contribution in [0.4, 0.5) is 8.78 Å². The summed E-state index contributed by atoms with van der Waals surface area (Å²) in [7, 11) is 0. The van der Waals surface area contributed by atoms with E-state index in [0.717, 1.165) is 37.2 Å². The van der Waals surface area contributed by atoms with Crippen LogP contribution in [0.25, 0.3) is 0 Å². The Morgan fingerprint density at radius 3 is 2.81 bits per heavy atom. The maximum Gasteiger partial charge on any atom is 0.254 e. The molecule has 0 radical (unpaired) electrons. The fraction of sp³-hybridized carbons (Fsp3) is 1.00. The van der Waals surface area contributed by atoms with Crippen molar-refractivity contribution in [1.82, 2.24) is 5.32 Å². The molecule has 3 aliphatic heterocycles. The summed E-state index contributed by atoms with van der Waals surface area (Å²) in [6.07, 6.45) is 4.13. The van der Waals surface area contributed by atoms with Crippen LogP contribution in [0.5, 0.6) is 0 Å². The molecule has 0 aliphatic carbocycles. The van der Waals surface area contributed by atoms with Gasteiger partial charge in [-0.2, -0.15) is 11.8 Å². The number of hydrogen-bond donors (Lipinski definition) is 1. The number of nitrogens with one attached hydrogen (secondary N) is 1. The molecule has 0 aromatic carbocycles. The van der Waals surface area contributed by atoms with Crippen LogP contribution in [0.1, 0.15) is 32.1 Å². The fourth-order valence-electron chi connectivity index (χ4n) is 3.78. The Morgan fingerprint density at radius 2 is 2.06 bits per heavy atom. The Balaban J connectivity index is 1.79. The molecule has 4 atom stereocenters. The van der Waals surface area contributed by atoms with Gasteiger partial charge in [0.05, 0.1) is 0 Å². The highest BCUT2D eigenvalue weighted by Crippen LogP contribution is 2.48. The molecule has 92 valence electrons. The van der Waals surface area contributed by atoms with E-state index in [-0.39, 0.29) is 30.3 Å². The Hall–Kier alpha value is 0.170. The van der Waals surface area contributed by atoms with E-state index in [1.54, 1.807) is 0 Å². The maximum absolute atomic E-state index is 14.1. The molecule has 0 spiro atoms. The molecular weight excluding hydrogens is 228 g/mol. The van der Waals surface area contributed by atoms with E-state index in [1.165, 1.54) is 0 Å². The topological polar surface area (TPSA) is 12.0 Å². The van der Waals surface area contributed by atoms with Gasteiger partial charge in [0, 0.05) is 24.4 Å². The minimum absolute atomic E-state index is 0.0787. The zero-order chi connectivity index (χ0) is 11.2. The van der Waals surface area contributed by atoms with Gasteiger partial charge in [-0.1, -0.05) is 0 Å². The quantitative estimate of drug-likeness (QED) is 0.764. The van der Waals surface area contributed by atoms with E-state index in [9.17, 15) is 8.78 Å². The van der Waals surface area contributed by atoms with Crippen LogP contribution in [-0.2, 0) is 0 Å². The van der Waals surface area contributed by atoms with Crippen molar-refractivity contribution in [1.29, 1.82) is 0 Å². The zero-order valence-corrected chi connectivity index (χ0v) is 10.2. The monoisotopic (exact) mass is 247 g/mol. The Kier molecular flexibility index (Phi) is 2.91. The number of rotatable bonds is 1. The zero-order valence-electron chi connectivity index (χ0n) is 9.42. The number of hydrogen-bond acceptors (Lipinski definition) is 2. The standard InChI is InChI=1S/C12H19F2NS/c13-12(14)6-9-3-4-10(15-9)11(12)8-2-1-5-16-7-8/h8-11,15H,1-7H2. The van der Waals surface area contributed by atoms with Crippen LogP contribution in [-0.4, -0.2) is 29.5 Å². The van der Waals surface area contributed by atoms with Crippen LogP contribution in [0.3, 0.4) is 0 Å². The fourth-order valence-corrected chi connectivity index (χ4v) is 4.99. The number of thioether (sulfide) groups is 1. The van der Waals surface area contributed by atoms with Crippen molar-refractivity contribution < 1.29 is 8.78 Å². The van der Waals surface area contributed by atoms with Crippen LogP contribution in [0.15, 0.2) is 0 Å². The lowest BCUT2D eigenvalue weighted by molar-refractivity contribution is -0.115. The van der Waals surface area contributed by atoms with Crippen molar-refractivity contribution in [3.05, 3.63) is 0 Å². The lowest BCUT2D eigenvalue weighted by Gasteiger charge is -2.42. The van der Waals surface area contributed by atoms with Crippen molar-refractivity contribution >= 4 is 11.8 Å². The number of alkyl halides is 2. The van der Waals surface area contributed by atoms with Gasteiger partial charge in [-0.3, -0.25) is 0 Å². The first kappa shape index (κ1) is 11.3. The molecule has 3 heterocycles. The summed E-state index contributed by atoms with van der Waals surface area (Å²) < 4.78 is 28.3. The normalized spacial score (nSPS) is 46.9. The third-order valence-corrected chi connectivity index (χ3v) is 5.66. The highest BCUT2D eigenvalue weighted by molar-refractivity contribution is 7.99. The second kappa shape index (κ2) is 4.13. The Morgan fingerprint density at radius 1 is 1.19 bits per heavy atom. The summed E-state index contributed by atoms with van der Waals surface area (Å²) in [5, 5.41) is 3.40. The predicted molar refractivity (Wildman–Crippen MR) is 63.0 cm³/mol. The van der Waals surface area contributed by atoms with Gasteiger partial charge in [-0.15, -0.1) is 0 Å². The number of piperidine rings is 1. The molecule has 3 rings (SSSR count). The molecule has 0 aromatic heterocycles. The molecule has 0 saturated carbocycles. The minimum atomic E-state index is -2.42. The van der Waals surface area contributed by atoms with Gasteiger partial charge in [0.2, 0.25) is 0 Å². The SMILES string of the molecule is FC1(F)CC2CCC(N2)C1C1CCCSC1. The van der Waals surface area contributed by atoms with Crippen molar-refractivity contribution in [2.75, 3.05) is 11.5 Å². The minimum Gasteiger partial charge on any atom is -0.310 e. The number of fused-ring (bicyclic) bond motifs is 2. The lowest BCUT2D eigenvalue weighted by Crippen LogP contribution is -2.55. The van der Waals surface area contributed by atoms with Gasteiger partial charge in [-0.05, 0) is 43.1 Å². The molecule has 0 aromatic rings. The Bertz CT molecular complexity index is 266. The van der Waals surface area contributed by atoms with E-state index in [0.29, 0.717) is 0 Å². The van der Waals surface area contributed by atoms with E-state index < -0.39 is 5.92 Å². The number of halogens is 2. The summed E-state index contributed by atoms with van der Waals surface area (Å²) in [5.41, 5.74) is 0. The van der Waals surface area contributed by atoms with E-state index in [2.05, 4.69) is 5.32 Å². The lowest BCUT2D eigenvalue weighted by atomic mass is 9.77. The molecule has 4 heteroatoms. The summed E-state index contributed by atoms with van der Waals surface area (Å²) in [6.45, 7) is 0. The van der Waals surface area contributed by atoms with Gasteiger partial charge in [0.15, 0.2) is 0 Å². The molecular formula is C12H19F2NS. The van der Waals surface area contributed by atoms with Crippen molar-refractivity contribution in [2.45, 2.75) is 50.1 Å². The van der Waals surface area contributed by atoms with Gasteiger partial charge in [0.25, 0.3) is 5.92 Å². The summed E-state index contributed by atoms with van der Waals surface area (Å²) in [5.74, 6) is -0.456. The van der Waals surface area contributed by atoms with Gasteiger partial charge in [-0.25, -0.2) is 8.78 Å². The summed E-state index contributed by atoms with van der Waals surface area (Å²) >= 11 is 1.86. The van der Waals surface area contributed by atoms with E-state index >= 15 is 0 Å². The van der Waals surface area contributed by atoms with Crippen LogP contribution >= 0.6 is 11.8 Å². The van der Waals surface area contributed by atoms with Crippen molar-refractivity contribution in [3.63, 3.8) is 0 Å². The molecule has 1 N–H and O–H groups in total. The average Bonchev–Trinajstić information content (AvgIpc) is 2.62. The van der Waals surface area contributed by atoms with Crippen LogP contribution in [0.2, 0.25) is 0 Å². The van der Waals surface area contributed by atoms with Crippen LogP contribution in [0, 0.1) is 11.8 Å². The molecule has 4 unspecified atom stereocenters. The molecule has 16 heavy (non-hydrogen) atoms. The van der Waals surface area contributed by atoms with E-state index in [1.807, 2.05) is 11.8 Å². The molecule has 3 fully saturated rings. The highest BCUT2D eigenvalue weighted by Gasteiger charge is 2.55. The van der Waals surface area contributed by atoms with Crippen molar-refractivity contribution in [3.8, 4) is 0 Å². The van der Waals surface area contributed by atoms with Gasteiger partial charge >= 0.3 is 0 Å². The predicted octanol–water partition coefficient (Wildman–Crippen LogP) is 2.91. The average molecular weight is 247 g/mol. The smallest absolute Gasteiger partial charge is 0.254 e. The summed E-state index contributed by atoms with van der Waals surface area (Å²) in [6, 6.07) is 0.185. The van der Waals surface area contributed by atoms with Crippen molar-refractivity contribution in [2.24, 2.45) is 11.8 Å². The molecule has 1 nitrogen and oxygen atoms in total. The highest BCUT2D eigenvalue weighted by atomic mass is 32.2. The third-order valence-electron chi connectivity index (χ3n) is 4.42. The first-order chi connectivity index (χ1) is 7.67.